The molecule has 7 heteroatoms. The Bertz CT molecular complexity index is 550. The van der Waals surface area contributed by atoms with Crippen LogP contribution in [-0.2, 0) is 9.53 Å². The number of aliphatic carboxylic acids is 1. The zero-order chi connectivity index (χ0) is 16.8. The second kappa shape index (κ2) is 8.33. The number of nitrogens with zero attached hydrogens (tertiary/aromatic N) is 2. The molecule has 1 fully saturated rings. The van der Waals surface area contributed by atoms with Crippen molar-refractivity contribution in [3.8, 4) is 0 Å². The lowest BCUT2D eigenvalue weighted by Crippen LogP contribution is -2.49. The highest BCUT2D eigenvalue weighted by atomic mass is 32.2. The Kier molecular flexibility index (Phi) is 6.44. The van der Waals surface area contributed by atoms with Gasteiger partial charge in [-0.2, -0.15) is 0 Å². The van der Waals surface area contributed by atoms with Gasteiger partial charge in [-0.05, 0) is 37.6 Å². The van der Waals surface area contributed by atoms with E-state index in [1.165, 1.54) is 0 Å². The molecule has 1 aliphatic rings. The van der Waals surface area contributed by atoms with Gasteiger partial charge in [0.25, 0.3) is 5.91 Å². The van der Waals surface area contributed by atoms with Crippen molar-refractivity contribution in [3.63, 3.8) is 0 Å². The molecule has 1 aromatic rings. The second-order valence-corrected chi connectivity index (χ2v) is 6.44. The van der Waals surface area contributed by atoms with E-state index in [4.69, 9.17) is 9.84 Å². The predicted octanol–water partition coefficient (Wildman–Crippen LogP) is 1.27. The molecule has 0 aromatic heterocycles. The molecule has 1 amide bonds. The van der Waals surface area contributed by atoms with Gasteiger partial charge in [0.1, 0.15) is 0 Å². The van der Waals surface area contributed by atoms with Crippen molar-refractivity contribution in [2.75, 3.05) is 46.1 Å². The number of carbonyl (C=O) groups excluding carboxylic acids is 1. The minimum absolute atomic E-state index is 0.00755. The third kappa shape index (κ3) is 5.23. The van der Waals surface area contributed by atoms with Gasteiger partial charge in [-0.15, -0.1) is 11.8 Å². The smallest absolute Gasteiger partial charge is 0.317 e. The van der Waals surface area contributed by atoms with Crippen molar-refractivity contribution in [1.29, 1.82) is 0 Å². The van der Waals surface area contributed by atoms with Crippen molar-refractivity contribution in [3.05, 3.63) is 29.8 Å². The molecule has 1 aliphatic heterocycles. The first kappa shape index (κ1) is 17.8. The highest BCUT2D eigenvalue weighted by Gasteiger charge is 2.26. The number of benzene rings is 1. The van der Waals surface area contributed by atoms with E-state index in [0.717, 1.165) is 4.90 Å². The van der Waals surface area contributed by atoms with E-state index in [1.807, 2.05) is 30.5 Å². The zero-order valence-electron chi connectivity index (χ0n) is 13.4. The van der Waals surface area contributed by atoms with E-state index in [2.05, 4.69) is 0 Å². The van der Waals surface area contributed by atoms with Gasteiger partial charge in [-0.3, -0.25) is 14.5 Å². The second-order valence-electron chi connectivity index (χ2n) is 5.56. The van der Waals surface area contributed by atoms with Crippen molar-refractivity contribution >= 4 is 23.6 Å². The van der Waals surface area contributed by atoms with Gasteiger partial charge >= 0.3 is 5.97 Å². The third-order valence-electron chi connectivity index (χ3n) is 3.68. The molecule has 0 aliphatic carbocycles. The van der Waals surface area contributed by atoms with Crippen molar-refractivity contribution in [2.45, 2.75) is 11.0 Å². The van der Waals surface area contributed by atoms with Crippen LogP contribution >= 0.6 is 11.8 Å². The summed E-state index contributed by atoms with van der Waals surface area (Å²) in [5.74, 6) is -0.878. The average molecular weight is 338 g/mol. The number of thioether (sulfide) groups is 1. The number of amides is 1. The van der Waals surface area contributed by atoms with Gasteiger partial charge in [0.05, 0.1) is 19.3 Å². The fourth-order valence-electron chi connectivity index (χ4n) is 2.57. The van der Waals surface area contributed by atoms with E-state index in [1.54, 1.807) is 28.6 Å². The molecule has 126 valence electrons. The molecule has 1 unspecified atom stereocenters. The van der Waals surface area contributed by atoms with Crippen molar-refractivity contribution in [1.82, 2.24) is 9.80 Å². The van der Waals surface area contributed by atoms with Gasteiger partial charge in [0.2, 0.25) is 0 Å². The molecule has 1 aromatic carbocycles. The number of hydrogen-bond donors (Lipinski definition) is 1. The molecule has 0 radical (unpaired) electrons. The monoisotopic (exact) mass is 338 g/mol. The van der Waals surface area contributed by atoms with Gasteiger partial charge in [0.15, 0.2) is 0 Å². The Hall–Kier alpha value is -1.57. The van der Waals surface area contributed by atoms with Crippen molar-refractivity contribution in [2.24, 2.45) is 0 Å². The maximum absolute atomic E-state index is 12.6. The van der Waals surface area contributed by atoms with Crippen LogP contribution < -0.4 is 0 Å². The Balaban J connectivity index is 1.94. The van der Waals surface area contributed by atoms with Gasteiger partial charge in [-0.1, -0.05) is 0 Å². The molecule has 1 N–H and O–H groups in total. The summed E-state index contributed by atoms with van der Waals surface area (Å²) >= 11 is 1.64. The molecule has 6 nitrogen and oxygen atoms in total. The van der Waals surface area contributed by atoms with Gasteiger partial charge < -0.3 is 14.7 Å². The predicted molar refractivity (Wildman–Crippen MR) is 89.0 cm³/mol. The average Bonchev–Trinajstić information content (AvgIpc) is 2.53. The molecule has 2 rings (SSSR count). The molecule has 0 spiro atoms. The number of carboxylic acid groups (broad SMARTS) is 1. The summed E-state index contributed by atoms with van der Waals surface area (Å²) < 4.78 is 5.65. The SMILES string of the molecule is CSc1ccc(C(=O)N2CCOC(CN(C)CC(=O)O)C2)cc1. The van der Waals surface area contributed by atoms with E-state index in [-0.39, 0.29) is 18.6 Å². The Morgan fingerprint density at radius 2 is 2.09 bits per heavy atom. The Labute approximate surface area is 140 Å². The maximum Gasteiger partial charge on any atom is 0.317 e. The van der Waals surface area contributed by atoms with E-state index < -0.39 is 5.97 Å². The van der Waals surface area contributed by atoms with Crippen LogP contribution in [0.3, 0.4) is 0 Å². The molecule has 0 saturated carbocycles. The normalized spacial score (nSPS) is 18.2. The maximum atomic E-state index is 12.6. The first-order valence-electron chi connectivity index (χ1n) is 7.45. The van der Waals surface area contributed by atoms with Crippen molar-refractivity contribution < 1.29 is 19.4 Å². The molecule has 23 heavy (non-hydrogen) atoms. The van der Waals surface area contributed by atoms with Crippen LogP contribution in [0.25, 0.3) is 0 Å². The van der Waals surface area contributed by atoms with E-state index in [0.29, 0.717) is 31.8 Å². The summed E-state index contributed by atoms with van der Waals surface area (Å²) in [5, 5.41) is 8.80. The number of carboxylic acids is 1. The zero-order valence-corrected chi connectivity index (χ0v) is 14.2. The first-order valence-corrected chi connectivity index (χ1v) is 8.67. The topological polar surface area (TPSA) is 70.1 Å². The van der Waals surface area contributed by atoms with Crippen LogP contribution in [-0.4, -0.2) is 79.0 Å². The number of ether oxygens (including phenoxy) is 1. The quantitative estimate of drug-likeness (QED) is 0.788. The van der Waals surface area contributed by atoms with Crippen LogP contribution in [0.4, 0.5) is 0 Å². The van der Waals surface area contributed by atoms with Crippen LogP contribution in [0.2, 0.25) is 0 Å². The van der Waals surface area contributed by atoms with Crippen LogP contribution in [0.1, 0.15) is 10.4 Å². The lowest BCUT2D eigenvalue weighted by molar-refractivity contribution is -0.138. The third-order valence-corrected chi connectivity index (χ3v) is 4.43. The number of likely N-dealkylation sites (N-methyl/N-ethyl adjacent to an activating group) is 1. The summed E-state index contributed by atoms with van der Waals surface area (Å²) in [6.07, 6.45) is 1.83. The highest BCUT2D eigenvalue weighted by molar-refractivity contribution is 7.98. The highest BCUT2D eigenvalue weighted by Crippen LogP contribution is 2.17. The molecule has 0 bridgehead atoms. The Morgan fingerprint density at radius 3 is 2.70 bits per heavy atom. The minimum atomic E-state index is -0.870. The summed E-state index contributed by atoms with van der Waals surface area (Å²) in [6, 6.07) is 7.57. The number of morpholine rings is 1. The lowest BCUT2D eigenvalue weighted by Gasteiger charge is -2.34. The number of rotatable bonds is 6. The van der Waals surface area contributed by atoms with E-state index >= 15 is 0 Å². The fraction of sp³-hybridized carbons (Fsp3) is 0.500. The summed E-state index contributed by atoms with van der Waals surface area (Å²) in [6.45, 7) is 1.96. The van der Waals surface area contributed by atoms with Crippen LogP contribution in [0, 0.1) is 0 Å². The first-order chi connectivity index (χ1) is 11.0. The summed E-state index contributed by atoms with van der Waals surface area (Å²) in [5.41, 5.74) is 0.669. The summed E-state index contributed by atoms with van der Waals surface area (Å²) in [4.78, 5) is 27.9. The van der Waals surface area contributed by atoms with Gasteiger partial charge in [-0.25, -0.2) is 0 Å². The summed E-state index contributed by atoms with van der Waals surface area (Å²) in [7, 11) is 1.74. The molecule has 1 heterocycles. The standard InChI is InChI=1S/C16H22N2O4S/c1-17(11-15(19)20)9-13-10-18(7-8-22-13)16(21)12-3-5-14(23-2)6-4-12/h3-6,13H,7-11H2,1-2H3,(H,19,20). The van der Waals surface area contributed by atoms with Crippen LogP contribution in [0.15, 0.2) is 29.2 Å². The van der Waals surface area contributed by atoms with E-state index in [9.17, 15) is 9.59 Å². The van der Waals surface area contributed by atoms with Crippen LogP contribution in [0.5, 0.6) is 0 Å². The molecule has 1 atom stereocenters. The Morgan fingerprint density at radius 1 is 1.39 bits per heavy atom. The fourth-order valence-corrected chi connectivity index (χ4v) is 2.98. The van der Waals surface area contributed by atoms with Gasteiger partial charge in [0, 0.05) is 30.1 Å². The number of hydrogen-bond acceptors (Lipinski definition) is 5. The minimum Gasteiger partial charge on any atom is -0.480 e. The lowest BCUT2D eigenvalue weighted by atomic mass is 10.1. The largest absolute Gasteiger partial charge is 0.480 e. The molecular formula is C16H22N2O4S. The molecular weight excluding hydrogens is 316 g/mol. The molecule has 1 saturated heterocycles. The number of carbonyl (C=O) groups is 2.